The molecule has 4 heteroatoms. The molecule has 0 atom stereocenters. The molecule has 156 valence electrons. The van der Waals surface area contributed by atoms with E-state index >= 15 is 0 Å². The Labute approximate surface area is 178 Å². The Morgan fingerprint density at radius 1 is 0.900 bits per heavy atom. The molecule has 0 saturated heterocycles. The van der Waals surface area contributed by atoms with E-state index in [1.54, 1.807) is 12.1 Å². The Bertz CT molecular complexity index is 898. The second kappa shape index (κ2) is 9.70. The molecule has 0 aliphatic carbocycles. The van der Waals surface area contributed by atoms with Crippen LogP contribution in [0.25, 0.3) is 0 Å². The lowest BCUT2D eigenvalue weighted by Gasteiger charge is -2.37. The quantitative estimate of drug-likeness (QED) is 0.520. The topological polar surface area (TPSA) is 49.8 Å². The summed E-state index contributed by atoms with van der Waals surface area (Å²) in [7, 11) is 2.06. The number of rotatable bonds is 9. The fraction of sp³-hybridized carbons (Fsp3) is 0.269. The molecule has 0 fully saturated rings. The number of likely N-dealkylation sites (N-methyl/N-ethyl adjacent to an activating group) is 1. The first kappa shape index (κ1) is 21.8. The number of aromatic carboxylic acids is 1. The molecule has 0 aliphatic heterocycles. The van der Waals surface area contributed by atoms with Gasteiger partial charge in [0.05, 0.1) is 12.2 Å². The molecule has 3 aromatic carbocycles. The van der Waals surface area contributed by atoms with Crippen LogP contribution in [0.15, 0.2) is 84.9 Å². The summed E-state index contributed by atoms with van der Waals surface area (Å²) in [5.74, 6) is -0.906. The zero-order valence-corrected chi connectivity index (χ0v) is 17.8. The highest BCUT2D eigenvalue weighted by Crippen LogP contribution is 2.28. The van der Waals surface area contributed by atoms with E-state index in [1.807, 2.05) is 48.5 Å². The smallest absolute Gasteiger partial charge is 0.335 e. The van der Waals surface area contributed by atoms with Gasteiger partial charge >= 0.3 is 5.97 Å². The second-order valence-corrected chi connectivity index (χ2v) is 8.18. The van der Waals surface area contributed by atoms with Crippen LogP contribution in [0.2, 0.25) is 0 Å². The first-order chi connectivity index (χ1) is 14.4. The minimum atomic E-state index is -0.906. The molecule has 0 bridgehead atoms. The molecule has 3 aromatic rings. The maximum absolute atomic E-state index is 11.0. The molecule has 1 N–H and O–H groups in total. The Kier molecular flexibility index (Phi) is 7.03. The number of carboxylic acid groups (broad SMARTS) is 1. The third-order valence-electron chi connectivity index (χ3n) is 5.46. The van der Waals surface area contributed by atoms with Gasteiger partial charge in [0.1, 0.15) is 6.10 Å². The SMILES string of the molecule is CN(Cc1ccc(C(=O)O)cc1)C(C)(C)COC(c1ccccc1)c1ccccc1. The minimum Gasteiger partial charge on any atom is -0.478 e. The third kappa shape index (κ3) is 5.56. The van der Waals surface area contributed by atoms with Gasteiger partial charge in [-0.15, -0.1) is 0 Å². The fourth-order valence-corrected chi connectivity index (χ4v) is 3.28. The number of carboxylic acids is 1. The van der Waals surface area contributed by atoms with Crippen LogP contribution in [0.5, 0.6) is 0 Å². The molecule has 3 rings (SSSR count). The number of hydrogen-bond acceptors (Lipinski definition) is 3. The van der Waals surface area contributed by atoms with E-state index in [2.05, 4.69) is 50.1 Å². The Hall–Kier alpha value is -2.95. The van der Waals surface area contributed by atoms with Crippen molar-refractivity contribution in [2.75, 3.05) is 13.7 Å². The third-order valence-corrected chi connectivity index (χ3v) is 5.46. The van der Waals surface area contributed by atoms with E-state index in [-0.39, 0.29) is 11.6 Å². The number of nitrogens with zero attached hydrogens (tertiary/aromatic N) is 1. The summed E-state index contributed by atoms with van der Waals surface area (Å²) >= 11 is 0. The summed E-state index contributed by atoms with van der Waals surface area (Å²) in [5.41, 5.74) is 3.42. The van der Waals surface area contributed by atoms with Gasteiger partial charge in [-0.3, -0.25) is 4.90 Å². The highest BCUT2D eigenvalue weighted by molar-refractivity contribution is 5.87. The molecule has 0 spiro atoms. The van der Waals surface area contributed by atoms with Crippen LogP contribution in [-0.2, 0) is 11.3 Å². The predicted octanol–water partition coefficient (Wildman–Crippen LogP) is 5.40. The van der Waals surface area contributed by atoms with Crippen LogP contribution >= 0.6 is 0 Å². The first-order valence-corrected chi connectivity index (χ1v) is 10.1. The standard InChI is InChI=1S/C26H29NO3/c1-26(2,27(3)18-20-14-16-23(17-15-20)25(28)29)19-30-24(21-10-6-4-7-11-21)22-12-8-5-9-13-22/h4-17,24H,18-19H2,1-3H3,(H,28,29). The van der Waals surface area contributed by atoms with Crippen molar-refractivity contribution in [1.82, 2.24) is 4.90 Å². The van der Waals surface area contributed by atoms with E-state index in [1.165, 1.54) is 0 Å². The zero-order valence-electron chi connectivity index (χ0n) is 17.8. The van der Waals surface area contributed by atoms with Crippen molar-refractivity contribution in [1.29, 1.82) is 0 Å². The average Bonchev–Trinajstić information content (AvgIpc) is 2.75. The van der Waals surface area contributed by atoms with Gasteiger partial charge < -0.3 is 9.84 Å². The molecule has 0 unspecified atom stereocenters. The van der Waals surface area contributed by atoms with Gasteiger partial charge in [0.15, 0.2) is 0 Å². The summed E-state index contributed by atoms with van der Waals surface area (Å²) in [5, 5.41) is 9.07. The Morgan fingerprint density at radius 3 is 1.87 bits per heavy atom. The summed E-state index contributed by atoms with van der Waals surface area (Å²) in [6, 6.07) is 27.6. The van der Waals surface area contributed by atoms with Crippen LogP contribution in [0.1, 0.15) is 47.0 Å². The van der Waals surface area contributed by atoms with E-state index < -0.39 is 5.97 Å². The molecule has 4 nitrogen and oxygen atoms in total. The normalized spacial score (nSPS) is 11.8. The lowest BCUT2D eigenvalue weighted by molar-refractivity contribution is -0.00737. The van der Waals surface area contributed by atoms with Gasteiger partial charge in [-0.05, 0) is 49.7 Å². The van der Waals surface area contributed by atoms with Crippen molar-refractivity contribution in [3.63, 3.8) is 0 Å². The van der Waals surface area contributed by atoms with Gasteiger partial charge in [-0.25, -0.2) is 4.79 Å². The van der Waals surface area contributed by atoms with Crippen molar-refractivity contribution in [2.45, 2.75) is 32.0 Å². The number of carbonyl (C=O) groups is 1. The maximum Gasteiger partial charge on any atom is 0.335 e. The first-order valence-electron chi connectivity index (χ1n) is 10.1. The van der Waals surface area contributed by atoms with Gasteiger partial charge in [0, 0.05) is 12.1 Å². The molecular weight excluding hydrogens is 374 g/mol. The fourth-order valence-electron chi connectivity index (χ4n) is 3.28. The zero-order chi connectivity index (χ0) is 21.6. The van der Waals surface area contributed by atoms with E-state index in [9.17, 15) is 4.79 Å². The number of hydrogen-bond donors (Lipinski definition) is 1. The van der Waals surface area contributed by atoms with E-state index in [0.717, 1.165) is 16.7 Å². The molecular formula is C26H29NO3. The summed E-state index contributed by atoms with van der Waals surface area (Å²) in [6.07, 6.45) is -0.130. The average molecular weight is 404 g/mol. The largest absolute Gasteiger partial charge is 0.478 e. The van der Waals surface area contributed by atoms with Crippen molar-refractivity contribution >= 4 is 5.97 Å². The molecule has 0 saturated carbocycles. The molecule has 0 heterocycles. The van der Waals surface area contributed by atoms with Gasteiger partial charge in [0.2, 0.25) is 0 Å². The maximum atomic E-state index is 11.0. The lowest BCUT2D eigenvalue weighted by Crippen LogP contribution is -2.44. The lowest BCUT2D eigenvalue weighted by atomic mass is 10.00. The summed E-state index contributed by atoms with van der Waals surface area (Å²) in [4.78, 5) is 13.3. The van der Waals surface area contributed by atoms with Gasteiger partial charge in [0.25, 0.3) is 0 Å². The van der Waals surface area contributed by atoms with Crippen LogP contribution in [0, 0.1) is 0 Å². The highest BCUT2D eigenvalue weighted by atomic mass is 16.5. The number of benzene rings is 3. The van der Waals surface area contributed by atoms with E-state index in [0.29, 0.717) is 18.7 Å². The van der Waals surface area contributed by atoms with Crippen LogP contribution in [-0.4, -0.2) is 35.2 Å². The molecule has 0 aromatic heterocycles. The second-order valence-electron chi connectivity index (χ2n) is 8.18. The number of ether oxygens (including phenoxy) is 1. The predicted molar refractivity (Wildman–Crippen MR) is 120 cm³/mol. The van der Waals surface area contributed by atoms with Crippen molar-refractivity contribution in [3.05, 3.63) is 107 Å². The summed E-state index contributed by atoms with van der Waals surface area (Å²) in [6.45, 7) is 5.57. The minimum absolute atomic E-state index is 0.130. The van der Waals surface area contributed by atoms with E-state index in [4.69, 9.17) is 9.84 Å². The van der Waals surface area contributed by atoms with Gasteiger partial charge in [-0.2, -0.15) is 0 Å². The van der Waals surface area contributed by atoms with Crippen molar-refractivity contribution in [2.24, 2.45) is 0 Å². The van der Waals surface area contributed by atoms with Crippen LogP contribution < -0.4 is 0 Å². The summed E-state index contributed by atoms with van der Waals surface area (Å²) < 4.78 is 6.47. The van der Waals surface area contributed by atoms with Crippen LogP contribution in [0.3, 0.4) is 0 Å². The Balaban J connectivity index is 1.70. The van der Waals surface area contributed by atoms with Gasteiger partial charge in [-0.1, -0.05) is 72.8 Å². The van der Waals surface area contributed by atoms with Crippen molar-refractivity contribution in [3.8, 4) is 0 Å². The molecule has 0 radical (unpaired) electrons. The molecule has 0 amide bonds. The monoisotopic (exact) mass is 403 g/mol. The van der Waals surface area contributed by atoms with Crippen LogP contribution in [0.4, 0.5) is 0 Å². The molecule has 30 heavy (non-hydrogen) atoms. The van der Waals surface area contributed by atoms with Crippen molar-refractivity contribution < 1.29 is 14.6 Å². The highest BCUT2D eigenvalue weighted by Gasteiger charge is 2.26. The Morgan fingerprint density at radius 2 is 1.40 bits per heavy atom. The molecule has 0 aliphatic rings.